The summed E-state index contributed by atoms with van der Waals surface area (Å²) < 4.78 is 1.95. The van der Waals surface area contributed by atoms with E-state index >= 15 is 0 Å². The van der Waals surface area contributed by atoms with Gasteiger partial charge in [0, 0.05) is 38.3 Å². The Labute approximate surface area is 164 Å². The molecule has 1 fully saturated rings. The maximum absolute atomic E-state index is 6.70. The molecule has 0 radical (unpaired) electrons. The van der Waals surface area contributed by atoms with E-state index in [1.54, 1.807) is 0 Å². The zero-order valence-electron chi connectivity index (χ0n) is 15.9. The van der Waals surface area contributed by atoms with Crippen LogP contribution in [0.3, 0.4) is 0 Å². The summed E-state index contributed by atoms with van der Waals surface area (Å²) in [5, 5.41) is 15.1. The average molecular weight is 385 g/mol. The van der Waals surface area contributed by atoms with Crippen molar-refractivity contribution in [3.63, 3.8) is 0 Å². The van der Waals surface area contributed by atoms with E-state index in [-0.39, 0.29) is 0 Å². The Hall–Kier alpha value is -2.02. The highest BCUT2D eigenvalue weighted by Crippen LogP contribution is 2.32. The topological polar surface area (TPSA) is 50.1 Å². The molecule has 0 unspecified atom stereocenters. The van der Waals surface area contributed by atoms with Crippen molar-refractivity contribution in [2.75, 3.05) is 39.3 Å². The molecule has 7 heteroatoms. The fourth-order valence-corrected chi connectivity index (χ4v) is 4.06. The van der Waals surface area contributed by atoms with Gasteiger partial charge in [0.25, 0.3) is 0 Å². The summed E-state index contributed by atoms with van der Waals surface area (Å²) in [5.74, 6) is 0. The molecular weight excluding hydrogens is 360 g/mol. The lowest BCUT2D eigenvalue weighted by Gasteiger charge is -2.33. The van der Waals surface area contributed by atoms with Crippen LogP contribution in [0.25, 0.3) is 22.3 Å². The van der Waals surface area contributed by atoms with Crippen molar-refractivity contribution in [3.05, 3.63) is 41.0 Å². The van der Waals surface area contributed by atoms with E-state index in [2.05, 4.69) is 26.9 Å². The lowest BCUT2D eigenvalue weighted by Crippen LogP contribution is -2.46. The zero-order valence-corrected chi connectivity index (χ0v) is 16.7. The third kappa shape index (κ3) is 3.70. The summed E-state index contributed by atoms with van der Waals surface area (Å²) in [6.45, 7) is 11.6. The van der Waals surface area contributed by atoms with Crippen molar-refractivity contribution in [1.29, 1.82) is 0 Å². The molecule has 0 bridgehead atoms. The van der Waals surface area contributed by atoms with Crippen LogP contribution in [0.15, 0.2) is 30.3 Å². The third-order valence-corrected chi connectivity index (χ3v) is 5.73. The summed E-state index contributed by atoms with van der Waals surface area (Å²) in [6.07, 6.45) is 0. The molecule has 0 amide bonds. The first-order valence-corrected chi connectivity index (χ1v) is 9.94. The minimum Gasteiger partial charge on any atom is -0.301 e. The van der Waals surface area contributed by atoms with Gasteiger partial charge in [-0.05, 0) is 13.5 Å². The van der Waals surface area contributed by atoms with Crippen molar-refractivity contribution in [1.82, 2.24) is 29.8 Å². The van der Waals surface area contributed by atoms with Crippen LogP contribution in [0.5, 0.6) is 0 Å². The first-order chi connectivity index (χ1) is 13.2. The Morgan fingerprint density at radius 3 is 2.37 bits per heavy atom. The molecule has 3 aromatic rings. The van der Waals surface area contributed by atoms with Gasteiger partial charge in [-0.15, -0.1) is 10.2 Å². The summed E-state index contributed by atoms with van der Waals surface area (Å²) in [4.78, 5) is 4.97. The molecule has 4 rings (SSSR count). The average Bonchev–Trinajstić information content (AvgIpc) is 3.04. The van der Waals surface area contributed by atoms with Crippen molar-refractivity contribution in [2.24, 2.45) is 0 Å². The minimum atomic E-state index is 0.631. The second-order valence-electron chi connectivity index (χ2n) is 7.01. The Morgan fingerprint density at radius 1 is 0.963 bits per heavy atom. The number of halogens is 1. The molecule has 1 aliphatic heterocycles. The number of aromatic nitrogens is 4. The van der Waals surface area contributed by atoms with Crippen LogP contribution >= 0.6 is 11.6 Å². The molecule has 3 heterocycles. The highest BCUT2D eigenvalue weighted by Gasteiger charge is 2.19. The van der Waals surface area contributed by atoms with Gasteiger partial charge >= 0.3 is 0 Å². The van der Waals surface area contributed by atoms with E-state index in [4.69, 9.17) is 16.7 Å². The molecule has 1 aromatic carbocycles. The van der Waals surface area contributed by atoms with Gasteiger partial charge in [-0.2, -0.15) is 5.10 Å². The van der Waals surface area contributed by atoms with Crippen LogP contribution in [-0.2, 0) is 6.54 Å². The van der Waals surface area contributed by atoms with Crippen molar-refractivity contribution in [2.45, 2.75) is 20.4 Å². The monoisotopic (exact) mass is 384 g/mol. The van der Waals surface area contributed by atoms with Crippen LogP contribution in [-0.4, -0.2) is 69.0 Å². The molecule has 6 nitrogen and oxygen atoms in total. The molecule has 142 valence electrons. The first-order valence-electron chi connectivity index (χ1n) is 9.56. The van der Waals surface area contributed by atoms with Crippen LogP contribution in [0, 0.1) is 6.92 Å². The summed E-state index contributed by atoms with van der Waals surface area (Å²) >= 11 is 6.70. The van der Waals surface area contributed by atoms with Gasteiger partial charge in [0.05, 0.1) is 22.6 Å². The molecule has 27 heavy (non-hydrogen) atoms. The second-order valence-corrected chi connectivity index (χ2v) is 7.39. The number of aryl methyl sites for hydroxylation is 1. The largest absolute Gasteiger partial charge is 0.301 e. The van der Waals surface area contributed by atoms with Gasteiger partial charge < -0.3 is 4.90 Å². The highest BCUT2D eigenvalue weighted by atomic mass is 35.5. The maximum atomic E-state index is 6.70. The Bertz CT molecular complexity index is 915. The van der Waals surface area contributed by atoms with E-state index in [0.717, 1.165) is 68.1 Å². The van der Waals surface area contributed by atoms with Crippen LogP contribution in [0.2, 0.25) is 5.02 Å². The van der Waals surface area contributed by atoms with Gasteiger partial charge in [-0.3, -0.25) is 4.90 Å². The van der Waals surface area contributed by atoms with Gasteiger partial charge in [-0.1, -0.05) is 48.9 Å². The van der Waals surface area contributed by atoms with Crippen molar-refractivity contribution < 1.29 is 0 Å². The van der Waals surface area contributed by atoms with Crippen LogP contribution in [0.1, 0.15) is 12.6 Å². The van der Waals surface area contributed by atoms with Gasteiger partial charge in [-0.25, -0.2) is 4.68 Å². The number of hydrogen-bond acceptors (Lipinski definition) is 5. The molecule has 0 atom stereocenters. The molecule has 1 saturated heterocycles. The van der Waals surface area contributed by atoms with Gasteiger partial charge in [0.2, 0.25) is 0 Å². The van der Waals surface area contributed by atoms with E-state index in [9.17, 15) is 0 Å². The molecule has 0 N–H and O–H groups in total. The standard InChI is InChI=1S/C20H25ClN6/c1-3-25-9-11-26(12-10-25)13-14-27-20-17(15(2)24-27)18(21)19(22-23-20)16-7-5-4-6-8-16/h4-8H,3,9-14H2,1-2H3. The Morgan fingerprint density at radius 2 is 1.67 bits per heavy atom. The predicted octanol–water partition coefficient (Wildman–Crippen LogP) is 3.09. The van der Waals surface area contributed by atoms with Gasteiger partial charge in [0.15, 0.2) is 5.65 Å². The molecule has 0 spiro atoms. The number of likely N-dealkylation sites (N-methyl/N-ethyl adjacent to an activating group) is 1. The Kier molecular flexibility index (Phi) is 5.38. The highest BCUT2D eigenvalue weighted by molar-refractivity contribution is 6.37. The van der Waals surface area contributed by atoms with E-state index in [1.807, 2.05) is 41.9 Å². The predicted molar refractivity (Wildman–Crippen MR) is 109 cm³/mol. The summed E-state index contributed by atoms with van der Waals surface area (Å²) in [5.41, 5.74) is 3.35. The number of nitrogens with zero attached hydrogens (tertiary/aromatic N) is 6. The fourth-order valence-electron chi connectivity index (χ4n) is 3.69. The number of rotatable bonds is 5. The van der Waals surface area contributed by atoms with E-state index < -0.39 is 0 Å². The SMILES string of the molecule is CCN1CCN(CCn2nc(C)c3c(Cl)c(-c4ccccc4)nnc32)CC1. The summed E-state index contributed by atoms with van der Waals surface area (Å²) in [6, 6.07) is 9.93. The van der Waals surface area contributed by atoms with Crippen molar-refractivity contribution in [3.8, 4) is 11.3 Å². The molecule has 2 aromatic heterocycles. The fraction of sp³-hybridized carbons (Fsp3) is 0.450. The first kappa shape index (κ1) is 18.3. The number of piperazine rings is 1. The molecule has 0 saturated carbocycles. The molecule has 1 aliphatic rings. The summed E-state index contributed by atoms with van der Waals surface area (Å²) in [7, 11) is 0. The van der Waals surface area contributed by atoms with Crippen LogP contribution in [0.4, 0.5) is 0 Å². The zero-order chi connectivity index (χ0) is 18.8. The Balaban J connectivity index is 1.56. The van der Waals surface area contributed by atoms with E-state index in [1.165, 1.54) is 0 Å². The van der Waals surface area contributed by atoms with Gasteiger partial charge in [0.1, 0.15) is 5.69 Å². The number of benzene rings is 1. The number of hydrogen-bond donors (Lipinski definition) is 0. The second kappa shape index (κ2) is 7.92. The van der Waals surface area contributed by atoms with E-state index in [0.29, 0.717) is 10.7 Å². The lowest BCUT2D eigenvalue weighted by atomic mass is 10.1. The molecular formula is C20H25ClN6. The molecule has 0 aliphatic carbocycles. The van der Waals surface area contributed by atoms with Crippen LogP contribution < -0.4 is 0 Å². The minimum absolute atomic E-state index is 0.631. The third-order valence-electron chi connectivity index (χ3n) is 5.36. The lowest BCUT2D eigenvalue weighted by molar-refractivity contribution is 0.133. The number of fused-ring (bicyclic) bond motifs is 1. The normalized spacial score (nSPS) is 16.3. The quantitative estimate of drug-likeness (QED) is 0.676. The smallest absolute Gasteiger partial charge is 0.182 e. The van der Waals surface area contributed by atoms with Crippen molar-refractivity contribution >= 4 is 22.6 Å². The maximum Gasteiger partial charge on any atom is 0.182 e.